The molecule has 0 bridgehead atoms. The molecule has 0 fully saturated rings. The molecule has 2 aliphatic heterocycles. The van der Waals surface area contributed by atoms with Crippen LogP contribution in [0.1, 0.15) is 57.7 Å². The van der Waals surface area contributed by atoms with Crippen LogP contribution in [0.15, 0.2) is 48.1 Å². The van der Waals surface area contributed by atoms with E-state index in [0.29, 0.717) is 11.5 Å². The third-order valence-corrected chi connectivity index (χ3v) is 6.36. The highest BCUT2D eigenvalue weighted by Gasteiger charge is 2.42. The fourth-order valence-corrected chi connectivity index (χ4v) is 4.95. The first-order valence-corrected chi connectivity index (χ1v) is 11.2. The fraction of sp³-hybridized carbons (Fsp3) is 0.400. The number of nitrogens with one attached hydrogen (secondary N) is 1. The average molecular weight is 432 g/mol. The molecule has 0 radical (unpaired) electrons. The minimum Gasteiger partial charge on any atom is -0.356 e. The number of hydrogen-bond donors (Lipinski definition) is 1. The molecule has 7 heteroatoms. The highest BCUT2D eigenvalue weighted by molar-refractivity contribution is 6.11. The maximum absolute atomic E-state index is 13.5. The standard InChI is InChI=1S/C25H29N5O2/c1-14(2)10-28-12-18-22(17-9-26-30(11-17)15(3)4)24-20(13-29(16(5)31)25(24)32)27-19-7-6-8-21(28)23(18)19/h6-9,11-12,14-15,22,27H,10,13H2,1-5H3/t22-/m1/s1. The molecule has 166 valence electrons. The summed E-state index contributed by atoms with van der Waals surface area (Å²) in [6.07, 6.45) is 6.08. The zero-order valence-electron chi connectivity index (χ0n) is 19.2. The van der Waals surface area contributed by atoms with Gasteiger partial charge in [0, 0.05) is 60.2 Å². The molecule has 2 aromatic heterocycles. The maximum atomic E-state index is 13.5. The summed E-state index contributed by atoms with van der Waals surface area (Å²) in [6.45, 7) is 11.2. The van der Waals surface area contributed by atoms with Gasteiger partial charge < -0.3 is 9.88 Å². The number of hydrogen-bond acceptors (Lipinski definition) is 4. The van der Waals surface area contributed by atoms with E-state index in [4.69, 9.17) is 0 Å². The van der Waals surface area contributed by atoms with Crippen molar-refractivity contribution >= 4 is 28.4 Å². The van der Waals surface area contributed by atoms with Gasteiger partial charge in [-0.3, -0.25) is 19.2 Å². The second kappa shape index (κ2) is 7.36. The first-order chi connectivity index (χ1) is 15.3. The number of anilines is 1. The third kappa shape index (κ3) is 3.06. The van der Waals surface area contributed by atoms with Crippen molar-refractivity contribution in [3.8, 4) is 0 Å². The summed E-state index contributed by atoms with van der Waals surface area (Å²) in [5.74, 6) is -0.269. The van der Waals surface area contributed by atoms with Crippen LogP contribution in [0.2, 0.25) is 0 Å². The van der Waals surface area contributed by atoms with Crippen molar-refractivity contribution in [2.75, 3.05) is 11.9 Å². The van der Waals surface area contributed by atoms with E-state index in [2.05, 4.69) is 61.0 Å². The molecule has 32 heavy (non-hydrogen) atoms. The Morgan fingerprint density at radius 3 is 2.66 bits per heavy atom. The Bertz CT molecular complexity index is 1280. The molecule has 0 saturated carbocycles. The molecular weight excluding hydrogens is 402 g/mol. The van der Waals surface area contributed by atoms with Gasteiger partial charge >= 0.3 is 0 Å². The van der Waals surface area contributed by atoms with E-state index in [0.717, 1.165) is 40.0 Å². The molecule has 1 N–H and O–H groups in total. The minimum absolute atomic E-state index is 0.215. The summed E-state index contributed by atoms with van der Waals surface area (Å²) in [6, 6.07) is 6.45. The Morgan fingerprint density at radius 1 is 1.22 bits per heavy atom. The number of rotatable bonds is 4. The lowest BCUT2D eigenvalue weighted by Crippen LogP contribution is -2.33. The van der Waals surface area contributed by atoms with Crippen molar-refractivity contribution in [1.29, 1.82) is 0 Å². The first kappa shape index (κ1) is 20.5. The lowest BCUT2D eigenvalue weighted by molar-refractivity contribution is -0.139. The minimum atomic E-state index is -0.290. The molecule has 2 aliphatic rings. The van der Waals surface area contributed by atoms with E-state index >= 15 is 0 Å². The highest BCUT2D eigenvalue weighted by Crippen LogP contribution is 2.46. The van der Waals surface area contributed by atoms with Gasteiger partial charge in [0.25, 0.3) is 5.91 Å². The lowest BCUT2D eigenvalue weighted by Gasteiger charge is -2.18. The summed E-state index contributed by atoms with van der Waals surface area (Å²) in [4.78, 5) is 27.0. The second-order valence-electron chi connectivity index (χ2n) is 9.54. The summed E-state index contributed by atoms with van der Waals surface area (Å²) >= 11 is 0. The number of aromatic nitrogens is 3. The van der Waals surface area contributed by atoms with E-state index in [9.17, 15) is 9.59 Å². The molecular formula is C25H29N5O2. The van der Waals surface area contributed by atoms with Gasteiger partial charge in [-0.25, -0.2) is 0 Å². The Morgan fingerprint density at radius 2 is 2.00 bits per heavy atom. The van der Waals surface area contributed by atoms with E-state index in [1.54, 1.807) is 0 Å². The van der Waals surface area contributed by atoms with Crippen molar-refractivity contribution in [2.24, 2.45) is 5.92 Å². The predicted molar refractivity (Wildman–Crippen MR) is 124 cm³/mol. The van der Waals surface area contributed by atoms with Gasteiger partial charge in [-0.15, -0.1) is 0 Å². The molecule has 4 heterocycles. The van der Waals surface area contributed by atoms with E-state index in [-0.39, 0.29) is 30.3 Å². The number of nitrogens with zero attached hydrogens (tertiary/aromatic N) is 4. The quantitative estimate of drug-likeness (QED) is 0.669. The molecule has 1 aromatic carbocycles. The zero-order valence-corrected chi connectivity index (χ0v) is 19.2. The van der Waals surface area contributed by atoms with Crippen LogP contribution in [-0.2, 0) is 16.1 Å². The molecule has 2 amide bonds. The van der Waals surface area contributed by atoms with E-state index in [1.165, 1.54) is 11.8 Å². The fourth-order valence-electron chi connectivity index (χ4n) is 4.95. The SMILES string of the molecule is CC(=O)N1CC2=C(C1=O)[C@H](c1cnn(C(C)C)c1)c1cn(CC(C)C)c3cccc(c13)N2. The molecule has 5 rings (SSSR count). The van der Waals surface area contributed by atoms with Gasteiger partial charge in [0.05, 0.1) is 23.8 Å². The van der Waals surface area contributed by atoms with Gasteiger partial charge in [0.15, 0.2) is 0 Å². The van der Waals surface area contributed by atoms with Crippen LogP contribution in [-0.4, -0.2) is 37.6 Å². The van der Waals surface area contributed by atoms with Crippen molar-refractivity contribution in [3.63, 3.8) is 0 Å². The summed E-state index contributed by atoms with van der Waals surface area (Å²) in [5.41, 5.74) is 5.61. The van der Waals surface area contributed by atoms with Gasteiger partial charge in [0.2, 0.25) is 5.91 Å². The van der Waals surface area contributed by atoms with Gasteiger partial charge in [-0.2, -0.15) is 5.10 Å². The van der Waals surface area contributed by atoms with Crippen molar-refractivity contribution < 1.29 is 9.59 Å². The van der Waals surface area contributed by atoms with Crippen LogP contribution in [0, 0.1) is 5.92 Å². The lowest BCUT2D eigenvalue weighted by atomic mass is 9.86. The third-order valence-electron chi connectivity index (χ3n) is 6.36. The first-order valence-electron chi connectivity index (χ1n) is 11.2. The van der Waals surface area contributed by atoms with Crippen LogP contribution < -0.4 is 5.32 Å². The zero-order chi connectivity index (χ0) is 22.7. The number of carbonyl (C=O) groups excluding carboxylic acids is 2. The van der Waals surface area contributed by atoms with Crippen LogP contribution in [0.5, 0.6) is 0 Å². The van der Waals surface area contributed by atoms with Crippen LogP contribution in [0.4, 0.5) is 5.69 Å². The summed E-state index contributed by atoms with van der Waals surface area (Å²) in [5, 5.41) is 9.22. The highest BCUT2D eigenvalue weighted by atomic mass is 16.2. The Kier molecular flexibility index (Phi) is 4.73. The van der Waals surface area contributed by atoms with E-state index in [1.807, 2.05) is 23.1 Å². The smallest absolute Gasteiger partial charge is 0.259 e. The van der Waals surface area contributed by atoms with Crippen molar-refractivity contribution in [2.45, 2.75) is 53.1 Å². The summed E-state index contributed by atoms with van der Waals surface area (Å²) in [7, 11) is 0. The number of benzene rings is 1. The Labute approximate surface area is 187 Å². The predicted octanol–water partition coefficient (Wildman–Crippen LogP) is 4.27. The van der Waals surface area contributed by atoms with Crippen molar-refractivity contribution in [3.05, 3.63) is 59.2 Å². The summed E-state index contributed by atoms with van der Waals surface area (Å²) < 4.78 is 4.21. The van der Waals surface area contributed by atoms with Gasteiger partial charge in [-0.05, 0) is 37.5 Å². The maximum Gasteiger partial charge on any atom is 0.259 e. The van der Waals surface area contributed by atoms with Gasteiger partial charge in [-0.1, -0.05) is 19.9 Å². The molecule has 1 atom stereocenters. The second-order valence-corrected chi connectivity index (χ2v) is 9.54. The average Bonchev–Trinajstić information content (AvgIpc) is 3.40. The Balaban J connectivity index is 1.77. The van der Waals surface area contributed by atoms with Crippen LogP contribution in [0.25, 0.3) is 10.9 Å². The van der Waals surface area contributed by atoms with Crippen LogP contribution >= 0.6 is 0 Å². The molecule has 0 unspecified atom stereocenters. The van der Waals surface area contributed by atoms with Gasteiger partial charge in [0.1, 0.15) is 0 Å². The normalized spacial score (nSPS) is 18.0. The molecule has 3 aromatic rings. The molecule has 0 saturated heterocycles. The number of carbonyl (C=O) groups is 2. The molecule has 7 nitrogen and oxygen atoms in total. The topological polar surface area (TPSA) is 72.2 Å². The van der Waals surface area contributed by atoms with Crippen molar-refractivity contribution in [1.82, 2.24) is 19.2 Å². The number of imide groups is 1. The monoisotopic (exact) mass is 431 g/mol. The Hall–Kier alpha value is -3.35. The van der Waals surface area contributed by atoms with E-state index < -0.39 is 0 Å². The number of amides is 2. The molecule has 0 spiro atoms. The molecule has 0 aliphatic carbocycles. The van der Waals surface area contributed by atoms with Crippen LogP contribution in [0.3, 0.4) is 0 Å². The largest absolute Gasteiger partial charge is 0.356 e.